The van der Waals surface area contributed by atoms with Crippen molar-refractivity contribution in [1.82, 2.24) is 10.3 Å². The molecule has 19 heavy (non-hydrogen) atoms. The summed E-state index contributed by atoms with van der Waals surface area (Å²) in [6, 6.07) is 8.07. The average Bonchev–Trinajstić information content (AvgIpc) is 2.80. The Hall–Kier alpha value is -1.39. The molecule has 0 fully saturated rings. The molecule has 0 saturated carbocycles. The third kappa shape index (κ3) is 3.55. The zero-order valence-corrected chi connectivity index (χ0v) is 12.5. The lowest BCUT2D eigenvalue weighted by molar-refractivity contribution is 0.415. The van der Waals surface area contributed by atoms with E-state index in [4.69, 9.17) is 9.72 Å². The van der Waals surface area contributed by atoms with Crippen molar-refractivity contribution in [2.24, 2.45) is 0 Å². The van der Waals surface area contributed by atoms with Crippen LogP contribution in [-0.4, -0.2) is 18.6 Å². The number of nitrogens with one attached hydrogen (secondary N) is 1. The molecular weight excluding hydrogens is 256 g/mol. The molecule has 3 nitrogen and oxygen atoms in total. The van der Waals surface area contributed by atoms with Crippen LogP contribution < -0.4 is 10.1 Å². The normalized spacial score (nSPS) is 10.7. The van der Waals surface area contributed by atoms with E-state index in [0.29, 0.717) is 0 Å². The van der Waals surface area contributed by atoms with Gasteiger partial charge >= 0.3 is 0 Å². The molecule has 1 heterocycles. The first kappa shape index (κ1) is 14.0. The van der Waals surface area contributed by atoms with Gasteiger partial charge in [-0.2, -0.15) is 0 Å². The Morgan fingerprint density at radius 3 is 2.63 bits per heavy atom. The maximum atomic E-state index is 5.18. The van der Waals surface area contributed by atoms with Gasteiger partial charge in [0.05, 0.1) is 12.8 Å². The number of nitrogens with zero attached hydrogens (tertiary/aromatic N) is 1. The number of aromatic nitrogens is 1. The molecule has 0 aliphatic heterocycles. The lowest BCUT2D eigenvalue weighted by atomic mass is 10.1. The minimum absolute atomic E-state index is 0.857. The number of thiazole rings is 1. The van der Waals surface area contributed by atoms with E-state index in [-0.39, 0.29) is 0 Å². The zero-order chi connectivity index (χ0) is 13.7. The Bertz CT molecular complexity index is 519. The fourth-order valence-corrected chi connectivity index (χ4v) is 2.84. The molecule has 0 radical (unpaired) electrons. The first-order valence-electron chi connectivity index (χ1n) is 6.56. The second kappa shape index (κ2) is 6.68. The number of rotatable bonds is 6. The smallest absolute Gasteiger partial charge is 0.118 e. The molecule has 0 unspecified atom stereocenters. The molecule has 1 N–H and O–H groups in total. The molecule has 0 saturated heterocycles. The highest BCUT2D eigenvalue weighted by atomic mass is 32.1. The topological polar surface area (TPSA) is 34.2 Å². The Kier molecular flexibility index (Phi) is 4.93. The minimum atomic E-state index is 0.857. The van der Waals surface area contributed by atoms with Crippen LogP contribution >= 0.6 is 11.3 Å². The van der Waals surface area contributed by atoms with Crippen LogP contribution in [0.15, 0.2) is 24.3 Å². The molecule has 102 valence electrons. The zero-order valence-electron chi connectivity index (χ0n) is 11.7. The van der Waals surface area contributed by atoms with Crippen LogP contribution in [0.4, 0.5) is 0 Å². The quantitative estimate of drug-likeness (QED) is 0.818. The van der Waals surface area contributed by atoms with Crippen LogP contribution in [-0.2, 0) is 6.54 Å². The summed E-state index contributed by atoms with van der Waals surface area (Å²) in [6.45, 7) is 6.19. The van der Waals surface area contributed by atoms with Gasteiger partial charge in [0.2, 0.25) is 0 Å². The van der Waals surface area contributed by atoms with Crippen molar-refractivity contribution >= 4 is 11.3 Å². The minimum Gasteiger partial charge on any atom is -0.497 e. The van der Waals surface area contributed by atoms with Crippen LogP contribution in [0.5, 0.6) is 5.75 Å². The predicted molar refractivity (Wildman–Crippen MR) is 80.8 cm³/mol. The highest BCUT2D eigenvalue weighted by Crippen LogP contribution is 2.28. The summed E-state index contributed by atoms with van der Waals surface area (Å²) >= 11 is 1.76. The van der Waals surface area contributed by atoms with Crippen molar-refractivity contribution in [3.05, 3.63) is 34.2 Å². The third-order valence-corrected chi connectivity index (χ3v) is 3.88. The van der Waals surface area contributed by atoms with E-state index in [2.05, 4.69) is 31.3 Å². The summed E-state index contributed by atoms with van der Waals surface area (Å²) in [6.07, 6.45) is 1.15. The van der Waals surface area contributed by atoms with Gasteiger partial charge in [0.1, 0.15) is 10.8 Å². The van der Waals surface area contributed by atoms with Crippen LogP contribution in [0.3, 0.4) is 0 Å². The van der Waals surface area contributed by atoms with E-state index in [1.807, 2.05) is 12.1 Å². The number of benzene rings is 1. The SMILES string of the molecule is CCCNCc1nc(-c2ccc(OC)cc2)c(C)s1. The monoisotopic (exact) mass is 276 g/mol. The van der Waals surface area contributed by atoms with Crippen LogP contribution in [0.2, 0.25) is 0 Å². The number of hydrogen-bond donors (Lipinski definition) is 1. The van der Waals surface area contributed by atoms with E-state index < -0.39 is 0 Å². The second-order valence-electron chi connectivity index (χ2n) is 4.42. The number of hydrogen-bond acceptors (Lipinski definition) is 4. The maximum absolute atomic E-state index is 5.18. The standard InChI is InChI=1S/C15H20N2OS/c1-4-9-16-10-14-17-15(11(2)19-14)12-5-7-13(18-3)8-6-12/h5-8,16H,4,9-10H2,1-3H3. The molecule has 0 atom stereocenters. The van der Waals surface area contributed by atoms with Crippen molar-refractivity contribution < 1.29 is 4.74 Å². The van der Waals surface area contributed by atoms with Crippen LogP contribution in [0, 0.1) is 6.92 Å². The van der Waals surface area contributed by atoms with Crippen molar-refractivity contribution in [2.75, 3.05) is 13.7 Å². The highest BCUT2D eigenvalue weighted by Gasteiger charge is 2.09. The van der Waals surface area contributed by atoms with Crippen molar-refractivity contribution in [2.45, 2.75) is 26.8 Å². The first-order valence-corrected chi connectivity index (χ1v) is 7.37. The summed E-state index contributed by atoms with van der Waals surface area (Å²) in [4.78, 5) is 5.99. The summed E-state index contributed by atoms with van der Waals surface area (Å²) in [5, 5.41) is 4.54. The Morgan fingerprint density at radius 2 is 2.00 bits per heavy atom. The van der Waals surface area contributed by atoms with Crippen molar-refractivity contribution in [3.63, 3.8) is 0 Å². The van der Waals surface area contributed by atoms with Gasteiger partial charge in [0, 0.05) is 17.0 Å². The molecular formula is C15H20N2OS. The highest BCUT2D eigenvalue weighted by molar-refractivity contribution is 7.12. The van der Waals surface area contributed by atoms with Crippen LogP contribution in [0.25, 0.3) is 11.3 Å². The second-order valence-corrected chi connectivity index (χ2v) is 5.71. The number of aryl methyl sites for hydroxylation is 1. The van der Waals surface area contributed by atoms with E-state index in [9.17, 15) is 0 Å². The summed E-state index contributed by atoms with van der Waals surface area (Å²) < 4.78 is 5.18. The predicted octanol–water partition coefficient (Wildman–Crippen LogP) is 3.63. The van der Waals surface area contributed by atoms with E-state index in [0.717, 1.165) is 41.5 Å². The van der Waals surface area contributed by atoms with E-state index >= 15 is 0 Å². The van der Waals surface area contributed by atoms with Gasteiger partial charge < -0.3 is 10.1 Å². The molecule has 0 spiro atoms. The van der Waals surface area contributed by atoms with Gasteiger partial charge in [-0.05, 0) is 44.2 Å². The lowest BCUT2D eigenvalue weighted by Crippen LogP contribution is -2.13. The largest absolute Gasteiger partial charge is 0.497 e. The molecule has 0 amide bonds. The summed E-state index contributed by atoms with van der Waals surface area (Å²) in [7, 11) is 1.68. The molecule has 2 rings (SSSR count). The number of ether oxygens (including phenoxy) is 1. The van der Waals surface area contributed by atoms with Crippen molar-refractivity contribution in [3.8, 4) is 17.0 Å². The Balaban J connectivity index is 2.14. The Labute approximate surface area is 118 Å². The van der Waals surface area contributed by atoms with E-state index in [1.165, 1.54) is 4.88 Å². The molecule has 2 aromatic rings. The first-order chi connectivity index (χ1) is 9.24. The van der Waals surface area contributed by atoms with Gasteiger partial charge in [0.15, 0.2) is 0 Å². The Morgan fingerprint density at radius 1 is 1.26 bits per heavy atom. The summed E-state index contributed by atoms with van der Waals surface area (Å²) in [5.74, 6) is 0.876. The fraction of sp³-hybridized carbons (Fsp3) is 0.400. The fourth-order valence-electron chi connectivity index (χ4n) is 1.92. The molecule has 0 aliphatic carbocycles. The molecule has 4 heteroatoms. The van der Waals surface area contributed by atoms with Gasteiger partial charge in [-0.15, -0.1) is 11.3 Å². The number of methoxy groups -OCH3 is 1. The molecule has 1 aromatic carbocycles. The average molecular weight is 276 g/mol. The van der Waals surface area contributed by atoms with Gasteiger partial charge in [-0.25, -0.2) is 4.98 Å². The third-order valence-electron chi connectivity index (χ3n) is 2.91. The maximum Gasteiger partial charge on any atom is 0.118 e. The van der Waals surface area contributed by atoms with Crippen molar-refractivity contribution in [1.29, 1.82) is 0 Å². The van der Waals surface area contributed by atoms with Crippen LogP contribution in [0.1, 0.15) is 23.2 Å². The van der Waals surface area contributed by atoms with Gasteiger partial charge in [0.25, 0.3) is 0 Å². The lowest BCUT2D eigenvalue weighted by Gasteiger charge is -2.02. The van der Waals surface area contributed by atoms with Gasteiger partial charge in [-0.3, -0.25) is 0 Å². The van der Waals surface area contributed by atoms with E-state index in [1.54, 1.807) is 18.4 Å². The molecule has 0 aliphatic rings. The molecule has 1 aromatic heterocycles. The summed E-state index contributed by atoms with van der Waals surface area (Å²) in [5.41, 5.74) is 2.23. The molecule has 0 bridgehead atoms. The van der Waals surface area contributed by atoms with Gasteiger partial charge in [-0.1, -0.05) is 6.92 Å².